The van der Waals surface area contributed by atoms with Crippen LogP contribution in [-0.2, 0) is 0 Å². The van der Waals surface area contributed by atoms with Gasteiger partial charge in [0.25, 0.3) is 0 Å². The molecule has 0 aliphatic carbocycles. The van der Waals surface area contributed by atoms with Crippen LogP contribution >= 0.6 is 0 Å². The Balaban J connectivity index is 3.31. The normalized spacial score (nSPS) is 24.2. The number of dihydropyridines is 1. The Labute approximate surface area is 79.8 Å². The van der Waals surface area contributed by atoms with E-state index >= 15 is 0 Å². The molecule has 0 radical (unpaired) electrons. The molecule has 1 rings (SSSR count). The highest BCUT2D eigenvalue weighted by Gasteiger charge is 2.16. The van der Waals surface area contributed by atoms with Crippen molar-refractivity contribution in [1.82, 2.24) is 0 Å². The Bertz CT molecular complexity index is 341. The molecule has 13 heavy (non-hydrogen) atoms. The van der Waals surface area contributed by atoms with Crippen LogP contribution in [0.25, 0.3) is 0 Å². The zero-order valence-corrected chi connectivity index (χ0v) is 8.97. The van der Waals surface area contributed by atoms with Crippen LogP contribution in [-0.4, -0.2) is 18.6 Å². The molecule has 1 aliphatic rings. The fourth-order valence-corrected chi connectivity index (χ4v) is 1.46. The number of hydrogen-bond acceptors (Lipinski definition) is 1. The van der Waals surface area contributed by atoms with Gasteiger partial charge in [0.15, 0.2) is 5.84 Å². The molecule has 70 valence electrons. The molecule has 0 unspecified atom stereocenters. The van der Waals surface area contributed by atoms with Crippen LogP contribution in [0.3, 0.4) is 0 Å². The van der Waals surface area contributed by atoms with Crippen molar-refractivity contribution in [3.8, 4) is 0 Å². The highest BCUT2D eigenvalue weighted by atomic mass is 14.9. The fourth-order valence-electron chi connectivity index (χ4n) is 1.46. The number of aliphatic imine (C=N–C) groups is 2. The summed E-state index contributed by atoms with van der Waals surface area (Å²) in [5.74, 6) is 0.850. The standard InChI is InChI=1S/C11H16N2/c1-6-10-8(3)7(2)9(4)13-11(10)12-5/h6H,1-5H3/b10-6-,12-11+. The molecule has 0 aromatic rings. The lowest BCUT2D eigenvalue weighted by atomic mass is 9.96. The Kier molecular flexibility index (Phi) is 2.81. The highest BCUT2D eigenvalue weighted by molar-refractivity contribution is 6.17. The molecule has 0 atom stereocenters. The summed E-state index contributed by atoms with van der Waals surface area (Å²) in [6.45, 7) is 8.27. The fraction of sp³-hybridized carbons (Fsp3) is 0.455. The van der Waals surface area contributed by atoms with E-state index in [0.717, 1.165) is 17.1 Å². The number of amidine groups is 1. The third kappa shape index (κ3) is 1.62. The SMILES string of the molecule is C/C=C1/C(C)=C(C)C(C)=N/C1=N/C. The van der Waals surface area contributed by atoms with Crippen molar-refractivity contribution in [3.63, 3.8) is 0 Å². The first-order chi connectivity index (χ1) is 6.11. The molecule has 2 heteroatoms. The summed E-state index contributed by atoms with van der Waals surface area (Å²) in [7, 11) is 1.78. The average Bonchev–Trinajstić information content (AvgIpc) is 2.13. The summed E-state index contributed by atoms with van der Waals surface area (Å²) in [5, 5.41) is 0. The maximum absolute atomic E-state index is 4.42. The van der Waals surface area contributed by atoms with Gasteiger partial charge in [0.05, 0.1) is 0 Å². The minimum atomic E-state index is 0.850. The Morgan fingerprint density at radius 2 is 1.77 bits per heavy atom. The quantitative estimate of drug-likeness (QED) is 0.542. The van der Waals surface area contributed by atoms with Gasteiger partial charge in [-0.05, 0) is 38.8 Å². The van der Waals surface area contributed by atoms with Crippen molar-refractivity contribution in [2.24, 2.45) is 9.98 Å². The van der Waals surface area contributed by atoms with Gasteiger partial charge in [-0.2, -0.15) is 0 Å². The molecule has 0 fully saturated rings. The van der Waals surface area contributed by atoms with Gasteiger partial charge in [0.1, 0.15) is 0 Å². The van der Waals surface area contributed by atoms with E-state index in [-0.39, 0.29) is 0 Å². The second kappa shape index (κ2) is 3.69. The zero-order valence-electron chi connectivity index (χ0n) is 8.97. The van der Waals surface area contributed by atoms with Crippen LogP contribution in [0.5, 0.6) is 0 Å². The van der Waals surface area contributed by atoms with Gasteiger partial charge in [-0.15, -0.1) is 0 Å². The molecule has 0 saturated carbocycles. The van der Waals surface area contributed by atoms with E-state index in [0.29, 0.717) is 0 Å². The molecule has 0 aromatic heterocycles. The maximum atomic E-state index is 4.42. The zero-order chi connectivity index (χ0) is 10.0. The highest BCUT2D eigenvalue weighted by Crippen LogP contribution is 2.22. The number of hydrogen-bond donors (Lipinski definition) is 0. The van der Waals surface area contributed by atoms with Crippen molar-refractivity contribution in [2.75, 3.05) is 7.05 Å². The van der Waals surface area contributed by atoms with Crippen LogP contribution in [0.1, 0.15) is 27.7 Å². The molecule has 0 spiro atoms. The smallest absolute Gasteiger partial charge is 0.154 e. The summed E-state index contributed by atoms with van der Waals surface area (Å²) in [6, 6.07) is 0. The number of allylic oxidation sites excluding steroid dienone is 2. The van der Waals surface area contributed by atoms with Gasteiger partial charge in [-0.25, -0.2) is 4.99 Å². The summed E-state index contributed by atoms with van der Waals surface area (Å²) in [4.78, 5) is 8.59. The molecule has 0 amide bonds. The molecule has 0 aromatic carbocycles. The Morgan fingerprint density at radius 3 is 2.23 bits per heavy atom. The summed E-state index contributed by atoms with van der Waals surface area (Å²) >= 11 is 0. The van der Waals surface area contributed by atoms with E-state index in [9.17, 15) is 0 Å². The number of nitrogens with zero attached hydrogens (tertiary/aromatic N) is 2. The van der Waals surface area contributed by atoms with Crippen molar-refractivity contribution in [1.29, 1.82) is 0 Å². The minimum Gasteiger partial charge on any atom is -0.270 e. The minimum absolute atomic E-state index is 0.850. The van der Waals surface area contributed by atoms with Crippen LogP contribution in [0, 0.1) is 0 Å². The topological polar surface area (TPSA) is 24.7 Å². The predicted octanol–water partition coefficient (Wildman–Crippen LogP) is 2.77. The first-order valence-electron chi connectivity index (χ1n) is 4.48. The van der Waals surface area contributed by atoms with Crippen molar-refractivity contribution in [2.45, 2.75) is 27.7 Å². The second-order valence-electron chi connectivity index (χ2n) is 3.20. The predicted molar refractivity (Wildman–Crippen MR) is 58.6 cm³/mol. The third-order valence-electron chi connectivity index (χ3n) is 2.52. The van der Waals surface area contributed by atoms with Crippen LogP contribution in [0.2, 0.25) is 0 Å². The van der Waals surface area contributed by atoms with E-state index in [2.05, 4.69) is 29.9 Å². The van der Waals surface area contributed by atoms with Gasteiger partial charge >= 0.3 is 0 Å². The van der Waals surface area contributed by atoms with E-state index < -0.39 is 0 Å². The molecule has 1 heterocycles. The maximum Gasteiger partial charge on any atom is 0.154 e. The lowest BCUT2D eigenvalue weighted by Crippen LogP contribution is -2.14. The largest absolute Gasteiger partial charge is 0.270 e. The Hall–Kier alpha value is -1.18. The van der Waals surface area contributed by atoms with E-state index in [1.54, 1.807) is 7.05 Å². The van der Waals surface area contributed by atoms with Gasteiger partial charge < -0.3 is 0 Å². The third-order valence-corrected chi connectivity index (χ3v) is 2.52. The summed E-state index contributed by atoms with van der Waals surface area (Å²) in [5.41, 5.74) is 4.78. The van der Waals surface area contributed by atoms with E-state index in [4.69, 9.17) is 0 Å². The van der Waals surface area contributed by atoms with Gasteiger partial charge in [-0.3, -0.25) is 4.99 Å². The molecule has 0 saturated heterocycles. The van der Waals surface area contributed by atoms with Gasteiger partial charge in [-0.1, -0.05) is 6.08 Å². The molecular formula is C11H16N2. The van der Waals surface area contributed by atoms with Crippen LogP contribution < -0.4 is 0 Å². The molecule has 2 nitrogen and oxygen atoms in total. The number of rotatable bonds is 0. The first-order valence-corrected chi connectivity index (χ1v) is 4.48. The molecule has 0 N–H and O–H groups in total. The van der Waals surface area contributed by atoms with E-state index in [1.165, 1.54) is 11.1 Å². The molecule has 0 bridgehead atoms. The summed E-state index contributed by atoms with van der Waals surface area (Å²) < 4.78 is 0. The lowest BCUT2D eigenvalue weighted by molar-refractivity contribution is 1.27. The second-order valence-corrected chi connectivity index (χ2v) is 3.20. The lowest BCUT2D eigenvalue weighted by Gasteiger charge is -2.17. The van der Waals surface area contributed by atoms with Crippen molar-refractivity contribution >= 4 is 11.5 Å². The summed E-state index contributed by atoms with van der Waals surface area (Å²) in [6.07, 6.45) is 2.07. The first kappa shape index (κ1) is 9.90. The Morgan fingerprint density at radius 1 is 1.15 bits per heavy atom. The van der Waals surface area contributed by atoms with Crippen LogP contribution in [0.4, 0.5) is 0 Å². The van der Waals surface area contributed by atoms with E-state index in [1.807, 2.05) is 13.8 Å². The van der Waals surface area contributed by atoms with Gasteiger partial charge in [0.2, 0.25) is 0 Å². The monoisotopic (exact) mass is 176 g/mol. The van der Waals surface area contributed by atoms with Crippen molar-refractivity contribution in [3.05, 3.63) is 22.8 Å². The van der Waals surface area contributed by atoms with Crippen molar-refractivity contribution < 1.29 is 0 Å². The molecular weight excluding hydrogens is 160 g/mol. The average molecular weight is 176 g/mol. The van der Waals surface area contributed by atoms with Gasteiger partial charge in [0, 0.05) is 18.3 Å². The van der Waals surface area contributed by atoms with Crippen LogP contribution in [0.15, 0.2) is 32.8 Å². The molecule has 1 aliphatic heterocycles.